The molecule has 0 fully saturated rings. The minimum atomic E-state index is 0.737. The highest BCUT2D eigenvalue weighted by molar-refractivity contribution is 5.84. The first-order valence-electron chi connectivity index (χ1n) is 9.75. The average Bonchev–Trinajstić information content (AvgIpc) is 2.75. The third kappa shape index (κ3) is 6.11. The van der Waals surface area contributed by atoms with E-state index < -0.39 is 0 Å². The van der Waals surface area contributed by atoms with Crippen LogP contribution in [0.3, 0.4) is 0 Å². The van der Waals surface area contributed by atoms with Crippen LogP contribution >= 0.6 is 0 Å². The average molecular weight is 389 g/mol. The second-order valence-electron chi connectivity index (χ2n) is 7.00. The topological polar surface area (TPSA) is 34.1 Å². The van der Waals surface area contributed by atoms with Crippen LogP contribution in [0.2, 0.25) is 0 Å². The molecular weight excluding hydrogens is 360 g/mol. The Morgan fingerprint density at radius 1 is 0.724 bits per heavy atom. The molecule has 0 aliphatic heterocycles. The second-order valence-corrected chi connectivity index (χ2v) is 7.00. The van der Waals surface area contributed by atoms with Gasteiger partial charge in [0.1, 0.15) is 0 Å². The summed E-state index contributed by atoms with van der Waals surface area (Å²) in [6.07, 6.45) is 0.750. The number of methoxy groups -OCH3 is 2. The van der Waals surface area contributed by atoms with Gasteiger partial charge in [-0.25, -0.2) is 0 Å². The molecule has 0 radical (unpaired) electrons. The summed E-state index contributed by atoms with van der Waals surface area (Å²) >= 11 is 0. The molecular formula is C25H28N2O2. The van der Waals surface area contributed by atoms with Gasteiger partial charge < -0.3 is 9.47 Å². The van der Waals surface area contributed by atoms with Crippen molar-refractivity contribution in [1.82, 2.24) is 5.01 Å². The summed E-state index contributed by atoms with van der Waals surface area (Å²) in [5.74, 6) is 1.48. The van der Waals surface area contributed by atoms with E-state index in [0.717, 1.165) is 42.3 Å². The van der Waals surface area contributed by atoms with Gasteiger partial charge in [0.2, 0.25) is 0 Å². The molecule has 0 spiro atoms. The smallest absolute Gasteiger partial charge is 0.160 e. The van der Waals surface area contributed by atoms with Crippen LogP contribution in [0.1, 0.15) is 23.6 Å². The van der Waals surface area contributed by atoms with Gasteiger partial charge >= 0.3 is 0 Å². The number of benzene rings is 3. The Bertz CT molecular complexity index is 883. The maximum Gasteiger partial charge on any atom is 0.160 e. The van der Waals surface area contributed by atoms with Gasteiger partial charge in [-0.05, 0) is 35.7 Å². The fourth-order valence-electron chi connectivity index (χ4n) is 3.28. The third-order valence-electron chi connectivity index (χ3n) is 4.64. The Kier molecular flexibility index (Phi) is 7.28. The van der Waals surface area contributed by atoms with E-state index in [4.69, 9.17) is 14.6 Å². The lowest BCUT2D eigenvalue weighted by Crippen LogP contribution is -2.19. The van der Waals surface area contributed by atoms with Gasteiger partial charge in [-0.3, -0.25) is 5.01 Å². The highest BCUT2D eigenvalue weighted by atomic mass is 16.5. The predicted molar refractivity (Wildman–Crippen MR) is 118 cm³/mol. The van der Waals surface area contributed by atoms with Crippen molar-refractivity contribution >= 4 is 5.71 Å². The van der Waals surface area contributed by atoms with Gasteiger partial charge in [0.25, 0.3) is 0 Å². The molecule has 0 unspecified atom stereocenters. The van der Waals surface area contributed by atoms with Crippen LogP contribution in [0.15, 0.2) is 84.0 Å². The summed E-state index contributed by atoms with van der Waals surface area (Å²) < 4.78 is 10.8. The molecule has 0 atom stereocenters. The minimum Gasteiger partial charge on any atom is -0.493 e. The molecule has 0 saturated heterocycles. The highest BCUT2D eigenvalue weighted by Gasteiger charge is 2.08. The van der Waals surface area contributed by atoms with Crippen molar-refractivity contribution in [2.24, 2.45) is 5.10 Å². The zero-order chi connectivity index (χ0) is 20.5. The van der Waals surface area contributed by atoms with Crippen LogP contribution in [0.4, 0.5) is 0 Å². The van der Waals surface area contributed by atoms with Crippen LogP contribution in [0, 0.1) is 0 Å². The van der Waals surface area contributed by atoms with E-state index in [9.17, 15) is 0 Å². The zero-order valence-electron chi connectivity index (χ0n) is 17.3. The van der Waals surface area contributed by atoms with Gasteiger partial charge in [0.05, 0.1) is 27.3 Å². The molecule has 0 N–H and O–H groups in total. The molecule has 3 rings (SSSR count). The van der Waals surface area contributed by atoms with Crippen molar-refractivity contribution in [2.75, 3.05) is 14.2 Å². The third-order valence-corrected chi connectivity index (χ3v) is 4.64. The molecule has 29 heavy (non-hydrogen) atoms. The summed E-state index contributed by atoms with van der Waals surface area (Å²) in [6, 6.07) is 26.9. The van der Waals surface area contributed by atoms with Crippen molar-refractivity contribution in [3.05, 3.63) is 95.6 Å². The van der Waals surface area contributed by atoms with E-state index in [1.807, 2.05) is 24.3 Å². The Morgan fingerprint density at radius 3 is 1.79 bits per heavy atom. The first-order valence-corrected chi connectivity index (χ1v) is 9.75. The number of hydrogen-bond acceptors (Lipinski definition) is 4. The Hall–Kier alpha value is -3.27. The summed E-state index contributed by atoms with van der Waals surface area (Å²) in [5, 5.41) is 7.06. The molecule has 150 valence electrons. The van der Waals surface area contributed by atoms with E-state index in [1.165, 1.54) is 11.1 Å². The molecule has 4 nitrogen and oxygen atoms in total. The van der Waals surface area contributed by atoms with Crippen LogP contribution < -0.4 is 9.47 Å². The summed E-state index contributed by atoms with van der Waals surface area (Å²) in [7, 11) is 3.30. The fraction of sp³-hybridized carbons (Fsp3) is 0.240. The Balaban J connectivity index is 1.78. The van der Waals surface area contributed by atoms with Crippen molar-refractivity contribution in [3.8, 4) is 11.5 Å². The predicted octanol–water partition coefficient (Wildman–Crippen LogP) is 5.32. The van der Waals surface area contributed by atoms with E-state index in [0.29, 0.717) is 0 Å². The first kappa shape index (κ1) is 20.5. The van der Waals surface area contributed by atoms with E-state index >= 15 is 0 Å². The summed E-state index contributed by atoms with van der Waals surface area (Å²) in [6.45, 7) is 3.59. The van der Waals surface area contributed by atoms with Crippen molar-refractivity contribution in [1.29, 1.82) is 0 Å². The molecule has 3 aromatic carbocycles. The van der Waals surface area contributed by atoms with Crippen molar-refractivity contribution in [2.45, 2.75) is 26.4 Å². The van der Waals surface area contributed by atoms with Crippen LogP contribution in [-0.2, 0) is 19.5 Å². The first-order chi connectivity index (χ1) is 14.2. The van der Waals surface area contributed by atoms with Gasteiger partial charge in [-0.2, -0.15) is 5.10 Å². The molecule has 0 saturated carbocycles. The number of rotatable bonds is 9. The fourth-order valence-corrected chi connectivity index (χ4v) is 3.28. The van der Waals surface area contributed by atoms with Crippen LogP contribution in [0.25, 0.3) is 0 Å². The quantitative estimate of drug-likeness (QED) is 0.367. The van der Waals surface area contributed by atoms with Gasteiger partial charge in [0.15, 0.2) is 11.5 Å². The largest absolute Gasteiger partial charge is 0.493 e. The molecule has 0 bridgehead atoms. The van der Waals surface area contributed by atoms with Crippen LogP contribution in [-0.4, -0.2) is 24.9 Å². The van der Waals surface area contributed by atoms with E-state index in [1.54, 1.807) is 14.2 Å². The van der Waals surface area contributed by atoms with Crippen molar-refractivity contribution in [3.63, 3.8) is 0 Å². The normalized spacial score (nSPS) is 11.2. The van der Waals surface area contributed by atoms with Crippen LogP contribution in [0.5, 0.6) is 11.5 Å². The highest BCUT2D eigenvalue weighted by Crippen LogP contribution is 2.27. The maximum atomic E-state index is 5.42. The second kappa shape index (κ2) is 10.3. The number of nitrogens with zero attached hydrogens (tertiary/aromatic N) is 2. The van der Waals surface area contributed by atoms with Crippen molar-refractivity contribution < 1.29 is 9.47 Å². The Labute approximate surface area is 173 Å². The zero-order valence-corrected chi connectivity index (χ0v) is 17.3. The molecule has 0 aromatic heterocycles. The number of hydrogen-bond donors (Lipinski definition) is 0. The summed E-state index contributed by atoms with van der Waals surface area (Å²) in [5.41, 5.74) is 4.67. The minimum absolute atomic E-state index is 0.737. The monoisotopic (exact) mass is 388 g/mol. The van der Waals surface area contributed by atoms with Gasteiger partial charge in [-0.15, -0.1) is 0 Å². The Morgan fingerprint density at radius 2 is 1.28 bits per heavy atom. The molecule has 0 aliphatic carbocycles. The lowest BCUT2D eigenvalue weighted by atomic mass is 10.1. The van der Waals surface area contributed by atoms with E-state index in [2.05, 4.69) is 66.5 Å². The maximum absolute atomic E-state index is 5.42. The summed E-state index contributed by atoms with van der Waals surface area (Å²) in [4.78, 5) is 0. The van der Waals surface area contributed by atoms with E-state index in [-0.39, 0.29) is 0 Å². The molecule has 0 heterocycles. The molecule has 4 heteroatoms. The number of ether oxygens (including phenoxy) is 2. The van der Waals surface area contributed by atoms with Gasteiger partial charge in [-0.1, -0.05) is 66.7 Å². The lowest BCUT2D eigenvalue weighted by molar-refractivity contribution is 0.270. The van der Waals surface area contributed by atoms with Gasteiger partial charge in [0, 0.05) is 12.1 Å². The number of hydrazone groups is 1. The SMILES string of the molecule is COc1ccc(C/C(C)=N\N(Cc2ccccc2)Cc2ccccc2)cc1OC. The molecule has 3 aromatic rings. The standard InChI is InChI=1S/C25H28N2O2/c1-20(16-23-14-15-24(28-2)25(17-23)29-3)26-27(18-21-10-6-4-7-11-21)19-22-12-8-5-9-13-22/h4-15,17H,16,18-19H2,1-3H3/b26-20-. The lowest BCUT2D eigenvalue weighted by Gasteiger charge is -2.21. The molecule has 0 aliphatic rings. The molecule has 0 amide bonds.